The number of carbonyl (C=O) groups is 2. The fourth-order valence-corrected chi connectivity index (χ4v) is 3.10. The van der Waals surface area contributed by atoms with Gasteiger partial charge in [-0.05, 0) is 30.0 Å². The summed E-state index contributed by atoms with van der Waals surface area (Å²) < 4.78 is 16.1. The summed E-state index contributed by atoms with van der Waals surface area (Å²) in [6, 6.07) is 8.78. The third kappa shape index (κ3) is 7.28. The Morgan fingerprint density at radius 1 is 1.10 bits per heavy atom. The van der Waals surface area contributed by atoms with Crippen LogP contribution in [0.3, 0.4) is 0 Å². The SMILES string of the molecule is COc1cccc(OC)c1OCC(O)CNC(=O)CCCNC(=O)c1cccs1. The third-order valence-electron chi connectivity index (χ3n) is 3.95. The van der Waals surface area contributed by atoms with Crippen LogP contribution in [0.4, 0.5) is 0 Å². The van der Waals surface area contributed by atoms with Crippen molar-refractivity contribution in [2.45, 2.75) is 18.9 Å². The summed E-state index contributed by atoms with van der Waals surface area (Å²) in [5.74, 6) is 1.03. The Hall–Kier alpha value is -2.78. The minimum Gasteiger partial charge on any atom is -0.493 e. The molecule has 0 fully saturated rings. The van der Waals surface area contributed by atoms with Gasteiger partial charge >= 0.3 is 0 Å². The van der Waals surface area contributed by atoms with Gasteiger partial charge in [-0.15, -0.1) is 11.3 Å². The van der Waals surface area contributed by atoms with Crippen LogP contribution in [0.2, 0.25) is 0 Å². The lowest BCUT2D eigenvalue weighted by Crippen LogP contribution is -2.35. The van der Waals surface area contributed by atoms with Crippen LogP contribution in [0, 0.1) is 0 Å². The Balaban J connectivity index is 1.64. The molecular weight excluding hydrogens is 396 g/mol. The monoisotopic (exact) mass is 422 g/mol. The minimum absolute atomic E-state index is 0.0338. The highest BCUT2D eigenvalue weighted by Crippen LogP contribution is 2.36. The van der Waals surface area contributed by atoms with Crippen LogP contribution >= 0.6 is 11.3 Å². The van der Waals surface area contributed by atoms with Crippen LogP contribution < -0.4 is 24.8 Å². The topological polar surface area (TPSA) is 106 Å². The molecule has 2 aromatic rings. The van der Waals surface area contributed by atoms with Gasteiger partial charge in [-0.3, -0.25) is 9.59 Å². The Bertz CT molecular complexity index is 759. The Morgan fingerprint density at radius 3 is 2.45 bits per heavy atom. The van der Waals surface area contributed by atoms with Crippen molar-refractivity contribution in [3.8, 4) is 17.2 Å². The van der Waals surface area contributed by atoms with Gasteiger partial charge in [-0.25, -0.2) is 0 Å². The maximum absolute atomic E-state index is 11.9. The molecule has 2 rings (SSSR count). The molecule has 0 spiro atoms. The molecule has 9 heteroatoms. The molecule has 3 N–H and O–H groups in total. The number of nitrogens with one attached hydrogen (secondary N) is 2. The average molecular weight is 423 g/mol. The van der Waals surface area contributed by atoms with E-state index in [1.807, 2.05) is 11.4 Å². The van der Waals surface area contributed by atoms with Crippen molar-refractivity contribution in [1.82, 2.24) is 10.6 Å². The number of carbonyl (C=O) groups excluding carboxylic acids is 2. The molecule has 0 radical (unpaired) electrons. The van der Waals surface area contributed by atoms with E-state index in [0.717, 1.165) is 0 Å². The maximum Gasteiger partial charge on any atom is 0.261 e. The summed E-state index contributed by atoms with van der Waals surface area (Å²) in [5, 5.41) is 17.3. The molecule has 158 valence electrons. The molecule has 1 aromatic heterocycles. The first kappa shape index (κ1) is 22.5. The number of thiophene rings is 1. The second-order valence-corrected chi connectivity index (χ2v) is 7.05. The predicted octanol–water partition coefficient (Wildman–Crippen LogP) is 1.83. The van der Waals surface area contributed by atoms with Gasteiger partial charge in [-0.2, -0.15) is 0 Å². The van der Waals surface area contributed by atoms with E-state index in [1.54, 1.807) is 24.3 Å². The quantitative estimate of drug-likeness (QED) is 0.451. The molecule has 29 heavy (non-hydrogen) atoms. The van der Waals surface area contributed by atoms with Gasteiger partial charge in [0.15, 0.2) is 11.5 Å². The standard InChI is InChI=1S/C20H26N2O6S/c1-26-15-6-3-7-16(27-2)19(15)28-13-14(23)12-22-18(24)9-4-10-21-20(25)17-8-5-11-29-17/h3,5-8,11,14,23H,4,9-10,12-13H2,1-2H3,(H,21,25)(H,22,24). The molecule has 1 atom stereocenters. The number of benzene rings is 1. The maximum atomic E-state index is 11.9. The Labute approximate surface area is 173 Å². The van der Waals surface area contributed by atoms with Crippen molar-refractivity contribution < 1.29 is 28.9 Å². The lowest BCUT2D eigenvalue weighted by molar-refractivity contribution is -0.121. The van der Waals surface area contributed by atoms with Gasteiger partial charge in [0.2, 0.25) is 11.7 Å². The van der Waals surface area contributed by atoms with Crippen molar-refractivity contribution >= 4 is 23.2 Å². The molecule has 0 saturated carbocycles. The van der Waals surface area contributed by atoms with Crippen LogP contribution in [-0.4, -0.2) is 56.9 Å². The van der Waals surface area contributed by atoms with Gasteiger partial charge in [0, 0.05) is 19.5 Å². The second-order valence-electron chi connectivity index (χ2n) is 6.10. The molecular formula is C20H26N2O6S. The molecule has 2 amide bonds. The zero-order valence-electron chi connectivity index (χ0n) is 16.5. The fourth-order valence-electron chi connectivity index (χ4n) is 2.46. The van der Waals surface area contributed by atoms with Crippen molar-refractivity contribution in [1.29, 1.82) is 0 Å². The van der Waals surface area contributed by atoms with E-state index < -0.39 is 6.10 Å². The molecule has 0 aliphatic rings. The molecule has 1 heterocycles. The van der Waals surface area contributed by atoms with Crippen molar-refractivity contribution in [3.63, 3.8) is 0 Å². The van der Waals surface area contributed by atoms with E-state index in [9.17, 15) is 14.7 Å². The number of ether oxygens (including phenoxy) is 3. The van der Waals surface area contributed by atoms with Crippen molar-refractivity contribution in [2.75, 3.05) is 33.9 Å². The lowest BCUT2D eigenvalue weighted by atomic mass is 10.2. The molecule has 1 aromatic carbocycles. The number of aliphatic hydroxyl groups excluding tert-OH is 1. The first-order valence-electron chi connectivity index (χ1n) is 9.15. The second kappa shape index (κ2) is 11.9. The zero-order valence-corrected chi connectivity index (χ0v) is 17.3. The first-order valence-corrected chi connectivity index (χ1v) is 10.0. The number of hydrogen-bond acceptors (Lipinski definition) is 7. The molecule has 8 nitrogen and oxygen atoms in total. The number of hydrogen-bond donors (Lipinski definition) is 3. The van der Waals surface area contributed by atoms with Gasteiger partial charge in [0.25, 0.3) is 5.91 Å². The summed E-state index contributed by atoms with van der Waals surface area (Å²) in [5.41, 5.74) is 0. The van der Waals surface area contributed by atoms with Crippen LogP contribution in [0.5, 0.6) is 17.2 Å². The highest BCUT2D eigenvalue weighted by atomic mass is 32.1. The van der Waals surface area contributed by atoms with Crippen LogP contribution in [0.25, 0.3) is 0 Å². The third-order valence-corrected chi connectivity index (χ3v) is 4.82. The van der Waals surface area contributed by atoms with Gasteiger partial charge < -0.3 is 30.0 Å². The number of aliphatic hydroxyl groups is 1. The van der Waals surface area contributed by atoms with E-state index in [0.29, 0.717) is 35.1 Å². The van der Waals surface area contributed by atoms with E-state index in [-0.39, 0.29) is 31.4 Å². The summed E-state index contributed by atoms with van der Waals surface area (Å²) in [4.78, 5) is 24.3. The molecule has 0 aliphatic carbocycles. The van der Waals surface area contributed by atoms with Crippen LogP contribution in [0.15, 0.2) is 35.7 Å². The summed E-state index contributed by atoms with van der Waals surface area (Å²) in [6.07, 6.45) is -0.140. The number of amides is 2. The highest BCUT2D eigenvalue weighted by Gasteiger charge is 2.14. The largest absolute Gasteiger partial charge is 0.493 e. The molecule has 0 bridgehead atoms. The average Bonchev–Trinajstić information content (AvgIpc) is 3.28. The van der Waals surface area contributed by atoms with Crippen molar-refractivity contribution in [2.24, 2.45) is 0 Å². The number of rotatable bonds is 12. The summed E-state index contributed by atoms with van der Waals surface area (Å²) in [7, 11) is 3.03. The van der Waals surface area contributed by atoms with Crippen LogP contribution in [-0.2, 0) is 4.79 Å². The number of methoxy groups -OCH3 is 2. The highest BCUT2D eigenvalue weighted by molar-refractivity contribution is 7.12. The van der Waals surface area contributed by atoms with Crippen molar-refractivity contribution in [3.05, 3.63) is 40.6 Å². The van der Waals surface area contributed by atoms with E-state index in [1.165, 1.54) is 25.6 Å². The van der Waals surface area contributed by atoms with E-state index in [4.69, 9.17) is 14.2 Å². The predicted molar refractivity (Wildman–Crippen MR) is 110 cm³/mol. The smallest absolute Gasteiger partial charge is 0.261 e. The Kier molecular flexibility index (Phi) is 9.26. The van der Waals surface area contributed by atoms with Gasteiger partial charge in [0.05, 0.1) is 19.1 Å². The number of para-hydroxylation sites is 1. The lowest BCUT2D eigenvalue weighted by Gasteiger charge is -2.17. The van der Waals surface area contributed by atoms with E-state index in [2.05, 4.69) is 10.6 Å². The minimum atomic E-state index is -0.896. The first-order chi connectivity index (χ1) is 14.0. The Morgan fingerprint density at radius 2 is 1.83 bits per heavy atom. The normalized spacial score (nSPS) is 11.4. The summed E-state index contributed by atoms with van der Waals surface area (Å²) >= 11 is 1.37. The molecule has 0 saturated heterocycles. The fraction of sp³-hybridized carbons (Fsp3) is 0.400. The van der Waals surface area contributed by atoms with Crippen LogP contribution in [0.1, 0.15) is 22.5 Å². The van der Waals surface area contributed by atoms with Gasteiger partial charge in [-0.1, -0.05) is 12.1 Å². The molecule has 0 aliphatic heterocycles. The molecule has 1 unspecified atom stereocenters. The summed E-state index contributed by atoms with van der Waals surface area (Å²) in [6.45, 7) is 0.426. The van der Waals surface area contributed by atoms with E-state index >= 15 is 0 Å². The zero-order chi connectivity index (χ0) is 21.1. The van der Waals surface area contributed by atoms with Gasteiger partial charge in [0.1, 0.15) is 12.7 Å².